The Bertz CT molecular complexity index is 897. The summed E-state index contributed by atoms with van der Waals surface area (Å²) in [5.41, 5.74) is 5.97. The molecule has 244 valence electrons. The number of nitrogens with one attached hydrogen (secondary N) is 2. The van der Waals surface area contributed by atoms with E-state index in [4.69, 9.17) is 34.3 Å². The molecule has 3 heterocycles. The number of hydrogen-bond donors (Lipinski definition) is 9. The number of hydrogen-bond acceptors (Lipinski definition) is 17. The van der Waals surface area contributed by atoms with Gasteiger partial charge in [0.2, 0.25) is 11.7 Å². The van der Waals surface area contributed by atoms with Gasteiger partial charge in [-0.05, 0) is 18.4 Å². The van der Waals surface area contributed by atoms with E-state index in [2.05, 4.69) is 27.6 Å². The highest BCUT2D eigenvalue weighted by molar-refractivity contribution is 7.47. The van der Waals surface area contributed by atoms with Gasteiger partial charge in [-0.1, -0.05) is 6.92 Å². The first kappa shape index (κ1) is 35.3. The molecule has 0 aromatic rings. The zero-order valence-electron chi connectivity index (χ0n) is 23.9. The lowest BCUT2D eigenvalue weighted by Crippen LogP contribution is -2.71. The Balaban J connectivity index is 1.89. The van der Waals surface area contributed by atoms with E-state index in [0.29, 0.717) is 0 Å². The fourth-order valence-corrected chi connectivity index (χ4v) is 5.38. The number of carbonyl (C=O) groups excluding carboxylic acids is 1. The van der Waals surface area contributed by atoms with Gasteiger partial charge in [0.15, 0.2) is 12.6 Å². The molecule has 1 amide bonds. The Morgan fingerprint density at radius 3 is 2.36 bits per heavy atom. The highest BCUT2D eigenvalue weighted by Gasteiger charge is 2.55. The average molecular weight is 629 g/mol. The van der Waals surface area contributed by atoms with Gasteiger partial charge < -0.3 is 75.5 Å². The minimum atomic E-state index is -2.35. The van der Waals surface area contributed by atoms with Gasteiger partial charge in [-0.3, -0.25) is 4.79 Å². The van der Waals surface area contributed by atoms with Gasteiger partial charge in [0.1, 0.15) is 43.2 Å². The van der Waals surface area contributed by atoms with Crippen molar-refractivity contribution in [3.8, 4) is 0 Å². The minimum Gasteiger partial charge on any atom is -0.394 e. The Morgan fingerprint density at radius 2 is 1.76 bits per heavy atom. The molecule has 0 aliphatic carbocycles. The zero-order chi connectivity index (χ0) is 31.4. The van der Waals surface area contributed by atoms with Crippen LogP contribution in [0.5, 0.6) is 0 Å². The molecule has 18 heteroatoms. The van der Waals surface area contributed by atoms with E-state index in [-0.39, 0.29) is 6.54 Å². The van der Waals surface area contributed by atoms with Crippen LogP contribution in [0.4, 0.5) is 0 Å². The first-order chi connectivity index (χ1) is 19.8. The molecule has 3 aliphatic heterocycles. The summed E-state index contributed by atoms with van der Waals surface area (Å²) in [7, 11) is 0. The van der Waals surface area contributed by atoms with Crippen LogP contribution in [0.2, 0.25) is 0 Å². The lowest BCUT2D eigenvalue weighted by atomic mass is 9.89. The second-order valence-corrected chi connectivity index (χ2v) is 11.2. The summed E-state index contributed by atoms with van der Waals surface area (Å²) in [4.78, 5) is 16.9. The monoisotopic (exact) mass is 628 g/mol. The van der Waals surface area contributed by atoms with Crippen LogP contribution in [-0.2, 0) is 45.7 Å². The van der Waals surface area contributed by atoms with Crippen molar-refractivity contribution in [2.24, 2.45) is 16.2 Å². The normalized spacial score (nSPS) is 45.2. The van der Waals surface area contributed by atoms with Crippen molar-refractivity contribution >= 4 is 18.3 Å². The predicted molar refractivity (Wildman–Crippen MR) is 143 cm³/mol. The van der Waals surface area contributed by atoms with Crippen LogP contribution in [0.3, 0.4) is 0 Å². The van der Waals surface area contributed by atoms with Gasteiger partial charge in [0, 0.05) is 19.4 Å². The molecule has 0 bridgehead atoms. The third kappa shape index (κ3) is 7.88. The standard InChI is InChI=1S/C24H44N4O13S/c1-9(41-28-42)5-26-16-19(33)20(39-22-17(27-12(4)31)18(32)10(2)13(6-29)37-22)14(7-30)38-23(16)40-24(35)8-36-11(3)15(25)21(24)34/h9-11,13-23,26,29-30,32-35H,5-8,25H2,1-4H3,(H,27,31)/t9?,10-,11-,13?,14?,15?,16?,17?,18-,19+,20+,21+,22-,23-,24+/m0/s1. The maximum atomic E-state index is 11.9. The molecule has 3 rings (SSSR count). The predicted octanol–water partition coefficient (Wildman–Crippen LogP) is -4.51. The van der Waals surface area contributed by atoms with E-state index in [9.17, 15) is 35.4 Å². The first-order valence-corrected chi connectivity index (χ1v) is 14.1. The Labute approximate surface area is 248 Å². The Hall–Kier alpha value is -1.23. The molecule has 17 nitrogen and oxygen atoms in total. The quantitative estimate of drug-likeness (QED) is 0.0729. The van der Waals surface area contributed by atoms with E-state index in [0.717, 1.165) is 0 Å². The van der Waals surface area contributed by atoms with Crippen LogP contribution in [0.1, 0.15) is 27.7 Å². The van der Waals surface area contributed by atoms with E-state index in [1.54, 1.807) is 20.8 Å². The van der Waals surface area contributed by atoms with Crippen LogP contribution in [-0.4, -0.2) is 148 Å². The zero-order valence-corrected chi connectivity index (χ0v) is 24.7. The fraction of sp³-hybridized carbons (Fsp3) is 0.958. The van der Waals surface area contributed by atoms with Crippen LogP contribution < -0.4 is 16.4 Å². The third-order valence-electron chi connectivity index (χ3n) is 7.90. The van der Waals surface area contributed by atoms with Crippen LogP contribution >= 0.6 is 0 Å². The summed E-state index contributed by atoms with van der Waals surface area (Å²) in [6.07, 6.45) is -12.0. The molecule has 0 aromatic heterocycles. The van der Waals surface area contributed by atoms with Crippen molar-refractivity contribution in [1.29, 1.82) is 0 Å². The Morgan fingerprint density at radius 1 is 1.12 bits per heavy atom. The highest BCUT2D eigenvalue weighted by Crippen LogP contribution is 2.34. The van der Waals surface area contributed by atoms with E-state index in [1.165, 1.54) is 6.92 Å². The SMILES string of the molecule is CC(=O)NC1[C@H](O[C@@H]2C(CO)O[C@@H](O[C@]3(O)CO[C@@H](C)C(N)[C@H]3O)C(NCC(C)ON=S)[C@H]2O)OC(CO)[C@H](C)[C@@H]1O. The van der Waals surface area contributed by atoms with Crippen molar-refractivity contribution in [2.75, 3.05) is 26.4 Å². The maximum absolute atomic E-state index is 11.9. The molecular formula is C24H44N4O13S. The fourth-order valence-electron chi connectivity index (χ4n) is 5.23. The topological polar surface area (TPSA) is 256 Å². The molecule has 10 N–H and O–H groups in total. The van der Waals surface area contributed by atoms with Crippen LogP contribution in [0.15, 0.2) is 4.53 Å². The summed E-state index contributed by atoms with van der Waals surface area (Å²) in [5, 5.41) is 69.8. The molecule has 0 aromatic carbocycles. The van der Waals surface area contributed by atoms with Crippen molar-refractivity contribution in [3.63, 3.8) is 0 Å². The van der Waals surface area contributed by atoms with Gasteiger partial charge in [-0.15, -0.1) is 0 Å². The molecule has 3 aliphatic rings. The summed E-state index contributed by atoms with van der Waals surface area (Å²) >= 11 is 4.48. The van der Waals surface area contributed by atoms with E-state index < -0.39 is 117 Å². The van der Waals surface area contributed by atoms with Crippen molar-refractivity contribution in [1.82, 2.24) is 10.6 Å². The number of rotatable bonds is 12. The molecule has 3 saturated heterocycles. The van der Waals surface area contributed by atoms with Crippen molar-refractivity contribution in [3.05, 3.63) is 0 Å². The van der Waals surface area contributed by atoms with Crippen molar-refractivity contribution in [2.45, 2.75) is 113 Å². The Kier molecular flexibility index (Phi) is 12.7. The second-order valence-electron chi connectivity index (χ2n) is 11.0. The van der Waals surface area contributed by atoms with E-state index >= 15 is 0 Å². The van der Waals surface area contributed by atoms with Gasteiger partial charge in [0.05, 0.1) is 56.0 Å². The number of aliphatic hydroxyl groups is 6. The lowest BCUT2D eigenvalue weighted by Gasteiger charge is -2.50. The molecule has 6 unspecified atom stereocenters. The van der Waals surface area contributed by atoms with Crippen molar-refractivity contribution < 1.29 is 64.0 Å². The molecule has 15 atom stereocenters. The summed E-state index contributed by atoms with van der Waals surface area (Å²) < 4.78 is 32.3. The van der Waals surface area contributed by atoms with Gasteiger partial charge in [-0.2, -0.15) is 0 Å². The lowest BCUT2D eigenvalue weighted by molar-refractivity contribution is -0.394. The van der Waals surface area contributed by atoms with Gasteiger partial charge in [-0.25, -0.2) is 0 Å². The number of amides is 1. The molecule has 0 radical (unpaired) electrons. The largest absolute Gasteiger partial charge is 0.394 e. The van der Waals surface area contributed by atoms with Crippen LogP contribution in [0.25, 0.3) is 0 Å². The summed E-state index contributed by atoms with van der Waals surface area (Å²) in [5.74, 6) is -3.43. The number of nitrogens with zero attached hydrogens (tertiary/aromatic N) is 1. The maximum Gasteiger partial charge on any atom is 0.220 e. The molecule has 0 spiro atoms. The summed E-state index contributed by atoms with van der Waals surface area (Å²) in [6, 6.07) is -3.33. The summed E-state index contributed by atoms with van der Waals surface area (Å²) in [6.45, 7) is 4.51. The molecular weight excluding hydrogens is 584 g/mol. The highest BCUT2D eigenvalue weighted by atomic mass is 32.1. The molecule has 42 heavy (non-hydrogen) atoms. The van der Waals surface area contributed by atoms with E-state index in [1.807, 2.05) is 0 Å². The average Bonchev–Trinajstić information content (AvgIpc) is 2.94. The number of ether oxygens (including phenoxy) is 5. The van der Waals surface area contributed by atoms with Crippen LogP contribution in [0, 0.1) is 5.92 Å². The minimum absolute atomic E-state index is 0.0346. The third-order valence-corrected chi connectivity index (χ3v) is 7.98. The molecule has 0 saturated carbocycles. The smallest absolute Gasteiger partial charge is 0.220 e. The van der Waals surface area contributed by atoms with Gasteiger partial charge in [0.25, 0.3) is 0 Å². The molecule has 3 fully saturated rings. The number of aliphatic hydroxyl groups excluding tert-OH is 5. The van der Waals surface area contributed by atoms with Gasteiger partial charge >= 0.3 is 0 Å². The number of carbonyl (C=O) groups is 1. The second kappa shape index (κ2) is 15.2. The first-order valence-electron chi connectivity index (χ1n) is 13.8. The number of nitrogens with two attached hydrogens (primary N) is 1.